The monoisotopic (exact) mass is 1070 g/mol. The smallest absolute Gasteiger partial charge is 0.325 e. The highest BCUT2D eigenvalue weighted by Gasteiger charge is 2.50. The van der Waals surface area contributed by atoms with Gasteiger partial charge in [-0.2, -0.15) is 0 Å². The summed E-state index contributed by atoms with van der Waals surface area (Å²) in [5.74, 6) is 0.242. The summed E-state index contributed by atoms with van der Waals surface area (Å²) in [6.07, 6.45) is 39.5. The molecular formula is C67H118N2O6Si. The van der Waals surface area contributed by atoms with Gasteiger partial charge in [-0.25, -0.2) is 0 Å². The lowest BCUT2D eigenvalue weighted by Crippen LogP contribution is -2.66. The summed E-state index contributed by atoms with van der Waals surface area (Å²) >= 11 is 0. The SMILES string of the molecule is CCCCCCCCC(CCCCCC)CC(=O)OCCCCCC(CCCCCOC(=O)CN(C)C(=O)C(CCCCCC)CCCCCCCC)NCCCCO[Si](c1ccccc1)(c1ccccc1)C(C)(C)C. The number of esters is 2. The van der Waals surface area contributed by atoms with Crippen molar-refractivity contribution in [2.45, 2.75) is 284 Å². The normalized spacial score (nSPS) is 13.1. The molecule has 0 heterocycles. The van der Waals surface area contributed by atoms with E-state index in [0.29, 0.717) is 31.6 Å². The molecular weight excluding hydrogens is 957 g/mol. The molecule has 2 aromatic carbocycles. The molecule has 0 aliphatic heterocycles. The Morgan fingerprint density at radius 2 is 0.882 bits per heavy atom. The maximum Gasteiger partial charge on any atom is 0.325 e. The topological polar surface area (TPSA) is 94.2 Å². The van der Waals surface area contributed by atoms with Crippen molar-refractivity contribution in [2.75, 3.05) is 40.0 Å². The van der Waals surface area contributed by atoms with E-state index >= 15 is 0 Å². The number of nitrogens with zero attached hydrogens (tertiary/aromatic N) is 1. The van der Waals surface area contributed by atoms with Crippen molar-refractivity contribution in [3.05, 3.63) is 60.7 Å². The van der Waals surface area contributed by atoms with Crippen molar-refractivity contribution in [3.8, 4) is 0 Å². The Labute approximate surface area is 469 Å². The van der Waals surface area contributed by atoms with Crippen LogP contribution in [0.1, 0.15) is 273 Å². The van der Waals surface area contributed by atoms with Gasteiger partial charge in [-0.1, -0.05) is 263 Å². The summed E-state index contributed by atoms with van der Waals surface area (Å²) < 4.78 is 18.8. The summed E-state index contributed by atoms with van der Waals surface area (Å²) in [4.78, 5) is 41.2. The molecule has 0 aliphatic carbocycles. The molecule has 9 heteroatoms. The Morgan fingerprint density at radius 1 is 0.487 bits per heavy atom. The first-order valence-electron chi connectivity index (χ1n) is 32.0. The van der Waals surface area contributed by atoms with Crippen LogP contribution in [0.2, 0.25) is 5.04 Å². The first-order chi connectivity index (χ1) is 36.9. The number of rotatable bonds is 50. The van der Waals surface area contributed by atoms with E-state index in [4.69, 9.17) is 13.9 Å². The van der Waals surface area contributed by atoms with Gasteiger partial charge in [0.15, 0.2) is 0 Å². The molecule has 8 nitrogen and oxygen atoms in total. The van der Waals surface area contributed by atoms with E-state index in [1.807, 2.05) is 0 Å². The molecule has 2 aromatic rings. The van der Waals surface area contributed by atoms with Crippen LogP contribution in [0.15, 0.2) is 60.7 Å². The van der Waals surface area contributed by atoms with Gasteiger partial charge in [-0.3, -0.25) is 14.4 Å². The molecule has 0 fully saturated rings. The molecule has 0 saturated carbocycles. The molecule has 0 spiro atoms. The van der Waals surface area contributed by atoms with E-state index in [0.717, 1.165) is 122 Å². The van der Waals surface area contributed by atoms with Crippen LogP contribution in [-0.2, 0) is 28.3 Å². The van der Waals surface area contributed by atoms with Crippen molar-refractivity contribution in [2.24, 2.45) is 11.8 Å². The predicted octanol–water partition coefficient (Wildman–Crippen LogP) is 17.0. The first-order valence-corrected chi connectivity index (χ1v) is 33.9. The van der Waals surface area contributed by atoms with E-state index in [1.165, 1.54) is 120 Å². The number of ether oxygens (including phenoxy) is 2. The number of carbonyl (C=O) groups is 3. The molecule has 1 amide bonds. The van der Waals surface area contributed by atoms with E-state index in [9.17, 15) is 14.4 Å². The zero-order chi connectivity index (χ0) is 55.4. The summed E-state index contributed by atoms with van der Waals surface area (Å²) in [7, 11) is -0.792. The van der Waals surface area contributed by atoms with E-state index in [2.05, 4.69) is 114 Å². The number of benzene rings is 2. The van der Waals surface area contributed by atoms with Crippen molar-refractivity contribution in [1.82, 2.24) is 10.2 Å². The first kappa shape index (κ1) is 69.1. The van der Waals surface area contributed by atoms with Gasteiger partial charge in [0, 0.05) is 32.0 Å². The molecule has 3 atom stereocenters. The second-order valence-electron chi connectivity index (χ2n) is 23.8. The molecule has 0 saturated heterocycles. The van der Waals surface area contributed by atoms with Gasteiger partial charge >= 0.3 is 11.9 Å². The minimum Gasteiger partial charge on any atom is -0.466 e. The van der Waals surface area contributed by atoms with Gasteiger partial charge in [0.25, 0.3) is 8.32 Å². The summed E-state index contributed by atoms with van der Waals surface area (Å²) in [5, 5.41) is 6.53. The third-order valence-corrected chi connectivity index (χ3v) is 21.0. The molecule has 436 valence electrons. The van der Waals surface area contributed by atoms with Crippen LogP contribution in [0.25, 0.3) is 0 Å². The average Bonchev–Trinajstić information content (AvgIpc) is 3.43. The van der Waals surface area contributed by atoms with E-state index in [-0.39, 0.29) is 35.3 Å². The van der Waals surface area contributed by atoms with Crippen molar-refractivity contribution in [1.29, 1.82) is 0 Å². The minimum absolute atomic E-state index is 0.00302. The highest BCUT2D eigenvalue weighted by atomic mass is 28.4. The van der Waals surface area contributed by atoms with Crippen LogP contribution in [0.3, 0.4) is 0 Å². The van der Waals surface area contributed by atoms with Crippen molar-refractivity contribution in [3.63, 3.8) is 0 Å². The molecule has 2 rings (SSSR count). The van der Waals surface area contributed by atoms with Crippen LogP contribution in [-0.4, -0.2) is 77.1 Å². The number of carbonyl (C=O) groups excluding carboxylic acids is 3. The Kier molecular flexibility index (Phi) is 40.7. The Hall–Kier alpha value is -3.01. The lowest BCUT2D eigenvalue weighted by molar-refractivity contribution is -0.150. The van der Waals surface area contributed by atoms with Crippen LogP contribution in [0.5, 0.6) is 0 Å². The molecule has 0 radical (unpaired) electrons. The fourth-order valence-corrected chi connectivity index (χ4v) is 15.9. The number of unbranched alkanes of at least 4 members (excludes halogenated alkanes) is 21. The second-order valence-corrected chi connectivity index (χ2v) is 28.1. The Balaban J connectivity index is 1.93. The number of nitrogens with one attached hydrogen (secondary N) is 1. The van der Waals surface area contributed by atoms with Gasteiger partial charge in [0.05, 0.1) is 13.2 Å². The zero-order valence-electron chi connectivity index (χ0n) is 50.7. The molecule has 0 aliphatic rings. The third-order valence-electron chi connectivity index (χ3n) is 16.0. The predicted molar refractivity (Wildman–Crippen MR) is 326 cm³/mol. The van der Waals surface area contributed by atoms with Gasteiger partial charge < -0.3 is 24.1 Å². The van der Waals surface area contributed by atoms with Crippen LogP contribution in [0.4, 0.5) is 0 Å². The fourth-order valence-electron chi connectivity index (χ4n) is 11.3. The van der Waals surface area contributed by atoms with E-state index in [1.54, 1.807) is 11.9 Å². The van der Waals surface area contributed by atoms with Crippen LogP contribution in [0, 0.1) is 11.8 Å². The lowest BCUT2D eigenvalue weighted by Gasteiger charge is -2.43. The maximum atomic E-state index is 13.6. The van der Waals surface area contributed by atoms with Gasteiger partial charge in [0.2, 0.25) is 5.91 Å². The quantitative estimate of drug-likeness (QED) is 0.0401. The molecule has 0 bridgehead atoms. The molecule has 1 N–H and O–H groups in total. The lowest BCUT2D eigenvalue weighted by atomic mass is 9.91. The summed E-state index contributed by atoms with van der Waals surface area (Å²) in [6, 6.07) is 22.2. The highest BCUT2D eigenvalue weighted by Crippen LogP contribution is 2.37. The zero-order valence-corrected chi connectivity index (χ0v) is 51.7. The van der Waals surface area contributed by atoms with Gasteiger partial charge in [0.1, 0.15) is 6.54 Å². The summed E-state index contributed by atoms with van der Waals surface area (Å²) in [6.45, 7) is 18.6. The van der Waals surface area contributed by atoms with E-state index < -0.39 is 8.32 Å². The molecule has 76 heavy (non-hydrogen) atoms. The average molecular weight is 1080 g/mol. The number of hydrogen-bond acceptors (Lipinski definition) is 7. The van der Waals surface area contributed by atoms with Gasteiger partial charge in [-0.15, -0.1) is 0 Å². The molecule has 3 unspecified atom stereocenters. The second kappa shape index (κ2) is 44.8. The number of hydrogen-bond donors (Lipinski definition) is 1. The highest BCUT2D eigenvalue weighted by molar-refractivity contribution is 6.99. The van der Waals surface area contributed by atoms with Crippen molar-refractivity contribution < 1.29 is 28.3 Å². The van der Waals surface area contributed by atoms with Crippen molar-refractivity contribution >= 4 is 36.5 Å². The van der Waals surface area contributed by atoms with Crippen LogP contribution >= 0.6 is 0 Å². The third kappa shape index (κ3) is 31.0. The maximum absolute atomic E-state index is 13.6. The fraction of sp³-hybridized carbons (Fsp3) is 0.776. The van der Waals surface area contributed by atoms with Gasteiger partial charge in [-0.05, 0) is 92.1 Å². The number of amides is 1. The molecule has 0 aromatic heterocycles. The largest absolute Gasteiger partial charge is 0.466 e. The standard InChI is InChI=1S/C67H118N2O6Si/c1-9-13-17-21-23-30-44-59(43-29-19-15-11-3)57-64(70)73-54-40-27-33-47-61(68-53-39-42-56-75-76(67(5,6)7,62-49-35-25-36-50-62)63-51-37-26-38-52-63)48-34-28-41-55-74-65(71)58-69(8)66(72)60(45-31-20-16-12-4)46-32-24-22-18-14-10-2/h25-26,35-38,49-52,59-61,68H,9-24,27-34,39-48,53-58H2,1-8H3. The Bertz CT molecular complexity index is 1650. The minimum atomic E-state index is -2.57. The Morgan fingerprint density at radius 3 is 1.36 bits per heavy atom. The number of likely N-dealkylation sites (N-methyl/N-ethyl adjacent to an activating group) is 1. The van der Waals surface area contributed by atoms with Crippen LogP contribution < -0.4 is 15.7 Å². The summed E-state index contributed by atoms with van der Waals surface area (Å²) in [5.41, 5.74) is 0.